The molecule has 182 valence electrons. The molecule has 5 nitrogen and oxygen atoms in total. The number of fused-ring (bicyclic) bond motifs is 1. The third-order valence-electron chi connectivity index (χ3n) is 6.16. The minimum atomic E-state index is -5.09. The highest BCUT2D eigenvalue weighted by Gasteiger charge is 2.41. The van der Waals surface area contributed by atoms with Crippen molar-refractivity contribution in [2.45, 2.75) is 31.9 Å². The Kier molecular flexibility index (Phi) is 6.18. The van der Waals surface area contributed by atoms with E-state index in [4.69, 9.17) is 4.98 Å². The fraction of sp³-hybridized carbons (Fsp3) is 0.179. The van der Waals surface area contributed by atoms with Gasteiger partial charge in [0.1, 0.15) is 5.75 Å². The highest BCUT2D eigenvalue weighted by molar-refractivity contribution is 5.96. The van der Waals surface area contributed by atoms with Gasteiger partial charge < -0.3 is 9.72 Å². The van der Waals surface area contributed by atoms with Crippen LogP contribution in [0.5, 0.6) is 5.75 Å². The van der Waals surface area contributed by atoms with Crippen molar-refractivity contribution in [1.82, 2.24) is 9.97 Å². The van der Waals surface area contributed by atoms with Crippen LogP contribution in [-0.4, -0.2) is 22.1 Å². The van der Waals surface area contributed by atoms with Gasteiger partial charge in [-0.1, -0.05) is 36.4 Å². The number of hydrogen-bond donors (Lipinski definition) is 1. The lowest BCUT2D eigenvalue weighted by Gasteiger charge is -2.17. The maximum absolute atomic E-state index is 12.8. The second kappa shape index (κ2) is 9.45. The summed E-state index contributed by atoms with van der Waals surface area (Å²) in [6.07, 6.45) is 2.80. The van der Waals surface area contributed by atoms with E-state index in [1.165, 1.54) is 12.1 Å². The van der Waals surface area contributed by atoms with Gasteiger partial charge in [-0.2, -0.15) is 13.2 Å². The van der Waals surface area contributed by atoms with Crippen LogP contribution in [0, 0.1) is 0 Å². The quantitative estimate of drug-likeness (QED) is 0.256. The van der Waals surface area contributed by atoms with E-state index in [0.29, 0.717) is 27.7 Å². The summed E-state index contributed by atoms with van der Waals surface area (Å²) in [5.41, 5.74) is 4.99. The van der Waals surface area contributed by atoms with Gasteiger partial charge in [0.25, 0.3) is 5.56 Å². The van der Waals surface area contributed by atoms with E-state index < -0.39 is 12.1 Å². The van der Waals surface area contributed by atoms with Gasteiger partial charge in [-0.3, -0.25) is 4.79 Å². The zero-order valence-electron chi connectivity index (χ0n) is 19.1. The van der Waals surface area contributed by atoms with E-state index in [0.717, 1.165) is 42.4 Å². The molecule has 0 aliphatic heterocycles. The topological polar surface area (TPSA) is 72.0 Å². The molecule has 0 fully saturated rings. The molecule has 1 aliphatic carbocycles. The van der Waals surface area contributed by atoms with Gasteiger partial charge in [0.2, 0.25) is 0 Å². The number of carbonyl (C=O) groups is 1. The summed E-state index contributed by atoms with van der Waals surface area (Å²) in [6.45, 7) is 0. The number of alkyl halides is 3. The highest BCUT2D eigenvalue weighted by atomic mass is 19.4. The summed E-state index contributed by atoms with van der Waals surface area (Å²) >= 11 is 0. The molecule has 0 unspecified atom stereocenters. The molecule has 2 aromatic carbocycles. The van der Waals surface area contributed by atoms with Crippen LogP contribution in [0.2, 0.25) is 0 Å². The van der Waals surface area contributed by atoms with Gasteiger partial charge in [-0.05, 0) is 67.2 Å². The van der Waals surface area contributed by atoms with Gasteiger partial charge in [-0.15, -0.1) is 0 Å². The molecule has 0 atom stereocenters. The lowest BCUT2D eigenvalue weighted by Crippen LogP contribution is -2.27. The first-order valence-electron chi connectivity index (χ1n) is 11.5. The summed E-state index contributed by atoms with van der Waals surface area (Å²) in [6, 6.07) is 16.9. The molecule has 2 aromatic heterocycles. The summed E-state index contributed by atoms with van der Waals surface area (Å²) in [4.78, 5) is 31.8. The summed E-state index contributed by atoms with van der Waals surface area (Å²) in [5, 5.41) is 0.456. The van der Waals surface area contributed by atoms with Crippen LogP contribution in [0.4, 0.5) is 13.2 Å². The first-order chi connectivity index (χ1) is 17.3. The van der Waals surface area contributed by atoms with E-state index >= 15 is 0 Å². The number of rotatable bonds is 4. The molecule has 0 amide bonds. The normalized spacial score (nSPS) is 13.9. The maximum atomic E-state index is 12.8. The van der Waals surface area contributed by atoms with Crippen molar-refractivity contribution in [3.8, 4) is 28.1 Å². The van der Waals surface area contributed by atoms with Crippen molar-refractivity contribution < 1.29 is 22.7 Å². The fourth-order valence-electron chi connectivity index (χ4n) is 4.41. The van der Waals surface area contributed by atoms with Gasteiger partial charge in [0.15, 0.2) is 0 Å². The molecule has 0 saturated carbocycles. The monoisotopic (exact) mass is 490 g/mol. The van der Waals surface area contributed by atoms with Crippen molar-refractivity contribution >= 4 is 22.4 Å². The molecular weight excluding hydrogens is 469 g/mol. The number of carbonyl (C=O) groups excluding carboxylic acids is 1. The predicted molar refractivity (Wildman–Crippen MR) is 131 cm³/mol. The Labute approximate surface area is 204 Å². The Balaban J connectivity index is 1.68. The zero-order chi connectivity index (χ0) is 25.3. The standard InChI is InChI=1S/C28H21F3N2O3/c29-28(30,31)27(35)36-20-13-11-19(12-14-20)24-21(17-7-3-1-4-8-17)15-22-25(33-24)23(16-32-26(22)34)18-9-5-2-6-10-18/h1,3-4,7-9,11-16H,2,5-6,10H2,(H,32,34). The summed E-state index contributed by atoms with van der Waals surface area (Å²) < 4.78 is 42.2. The molecule has 0 spiro atoms. The number of aromatic amines is 1. The van der Waals surface area contributed by atoms with E-state index in [1.807, 2.05) is 30.3 Å². The number of aromatic nitrogens is 2. The Morgan fingerprint density at radius 2 is 1.69 bits per heavy atom. The van der Waals surface area contributed by atoms with E-state index in [-0.39, 0.29) is 11.3 Å². The smallest absolute Gasteiger partial charge is 0.420 e. The molecule has 5 rings (SSSR count). The minimum absolute atomic E-state index is 0.229. The zero-order valence-corrected chi connectivity index (χ0v) is 19.1. The number of allylic oxidation sites excluding steroid dienone is 2. The Morgan fingerprint density at radius 1 is 0.944 bits per heavy atom. The average Bonchev–Trinajstić information content (AvgIpc) is 2.89. The number of pyridine rings is 2. The van der Waals surface area contributed by atoms with Gasteiger partial charge >= 0.3 is 12.1 Å². The number of esters is 1. The van der Waals surface area contributed by atoms with Crippen molar-refractivity contribution in [2.75, 3.05) is 0 Å². The number of nitrogens with one attached hydrogen (secondary N) is 1. The molecule has 0 bridgehead atoms. The second-order valence-electron chi connectivity index (χ2n) is 8.57. The Bertz CT molecular complexity index is 1520. The molecule has 2 heterocycles. The molecular formula is C28H21F3N2O3. The van der Waals surface area contributed by atoms with Crippen LogP contribution in [0.1, 0.15) is 31.2 Å². The summed E-state index contributed by atoms with van der Waals surface area (Å²) in [7, 11) is 0. The van der Waals surface area contributed by atoms with Crippen LogP contribution in [0.25, 0.3) is 38.9 Å². The number of benzene rings is 2. The number of nitrogens with zero attached hydrogens (tertiary/aromatic N) is 1. The molecule has 0 saturated heterocycles. The van der Waals surface area contributed by atoms with Crippen LogP contribution < -0.4 is 10.3 Å². The van der Waals surface area contributed by atoms with Gasteiger partial charge in [0, 0.05) is 22.9 Å². The molecule has 0 radical (unpaired) electrons. The number of hydrogen-bond acceptors (Lipinski definition) is 4. The first-order valence-corrected chi connectivity index (χ1v) is 11.5. The van der Waals surface area contributed by atoms with Crippen LogP contribution in [-0.2, 0) is 4.79 Å². The predicted octanol–water partition coefficient (Wildman–Crippen LogP) is 6.68. The molecule has 8 heteroatoms. The van der Waals surface area contributed by atoms with Crippen LogP contribution in [0.15, 0.2) is 77.7 Å². The van der Waals surface area contributed by atoms with Crippen molar-refractivity contribution in [3.63, 3.8) is 0 Å². The van der Waals surface area contributed by atoms with Crippen LogP contribution in [0.3, 0.4) is 0 Å². The fourth-order valence-corrected chi connectivity index (χ4v) is 4.41. The molecule has 4 aromatic rings. The number of H-pyrrole nitrogens is 1. The van der Waals surface area contributed by atoms with Crippen LogP contribution >= 0.6 is 0 Å². The van der Waals surface area contributed by atoms with Crippen molar-refractivity contribution in [2.24, 2.45) is 0 Å². The summed E-state index contributed by atoms with van der Waals surface area (Å²) in [5.74, 6) is -2.51. The van der Waals surface area contributed by atoms with Crippen molar-refractivity contribution in [3.05, 3.63) is 88.9 Å². The molecule has 1 N–H and O–H groups in total. The highest BCUT2D eigenvalue weighted by Crippen LogP contribution is 2.36. The third kappa shape index (κ3) is 4.66. The first kappa shape index (κ1) is 23.5. The lowest BCUT2D eigenvalue weighted by atomic mass is 9.92. The van der Waals surface area contributed by atoms with E-state index in [2.05, 4.69) is 15.8 Å². The van der Waals surface area contributed by atoms with Crippen molar-refractivity contribution in [1.29, 1.82) is 0 Å². The minimum Gasteiger partial charge on any atom is -0.420 e. The second-order valence-corrected chi connectivity index (χ2v) is 8.57. The lowest BCUT2D eigenvalue weighted by molar-refractivity contribution is -0.189. The average molecular weight is 490 g/mol. The molecule has 1 aliphatic rings. The number of halogens is 3. The van der Waals surface area contributed by atoms with Gasteiger partial charge in [-0.25, -0.2) is 9.78 Å². The number of ether oxygens (including phenoxy) is 1. The SMILES string of the molecule is O=C(Oc1ccc(-c2nc3c(C4=CCCCC4)c[nH]c(=O)c3cc2-c2ccccc2)cc1)C(F)(F)F. The van der Waals surface area contributed by atoms with E-state index in [1.54, 1.807) is 24.4 Å². The third-order valence-corrected chi connectivity index (χ3v) is 6.16. The maximum Gasteiger partial charge on any atom is 0.491 e. The molecule has 36 heavy (non-hydrogen) atoms. The van der Waals surface area contributed by atoms with Gasteiger partial charge in [0.05, 0.1) is 16.6 Å². The Morgan fingerprint density at radius 3 is 2.36 bits per heavy atom. The largest absolute Gasteiger partial charge is 0.491 e. The van der Waals surface area contributed by atoms with E-state index in [9.17, 15) is 22.8 Å². The Hall–Kier alpha value is -4.20.